The molecule has 0 aliphatic carbocycles. The smallest absolute Gasteiger partial charge is 0.268 e. The molecule has 0 unspecified atom stereocenters. The predicted molar refractivity (Wildman–Crippen MR) is 107 cm³/mol. The molecule has 0 saturated carbocycles. The van der Waals surface area contributed by atoms with Crippen LogP contribution in [-0.4, -0.2) is 43.3 Å². The molecule has 3 heterocycles. The van der Waals surface area contributed by atoms with Crippen molar-refractivity contribution >= 4 is 25.7 Å². The Morgan fingerprint density at radius 2 is 1.93 bits per heavy atom. The van der Waals surface area contributed by atoms with E-state index in [1.54, 1.807) is 13.0 Å². The van der Waals surface area contributed by atoms with E-state index in [1.165, 1.54) is 11.6 Å². The van der Waals surface area contributed by atoms with Crippen LogP contribution in [0.2, 0.25) is 0 Å². The Hall–Kier alpha value is -2.66. The molecule has 11 heteroatoms. The van der Waals surface area contributed by atoms with E-state index in [4.69, 9.17) is 4.52 Å². The minimum atomic E-state index is -4.00. The van der Waals surface area contributed by atoms with Crippen molar-refractivity contribution in [3.63, 3.8) is 0 Å². The summed E-state index contributed by atoms with van der Waals surface area (Å²) >= 11 is 0. The summed E-state index contributed by atoms with van der Waals surface area (Å²) in [5.41, 5.74) is 1.59. The maximum absolute atomic E-state index is 13.0. The van der Waals surface area contributed by atoms with E-state index < -0.39 is 25.9 Å². The molecule has 2 aromatic heterocycles. The molecule has 154 valence electrons. The Kier molecular flexibility index (Phi) is 4.74. The highest BCUT2D eigenvalue weighted by molar-refractivity contribution is 7.92. The topological polar surface area (TPSA) is 124 Å². The van der Waals surface area contributed by atoms with Crippen LogP contribution >= 0.6 is 0 Å². The molecule has 1 N–H and O–H groups in total. The van der Waals surface area contributed by atoms with Crippen molar-refractivity contribution in [2.75, 3.05) is 16.2 Å². The molecule has 0 bridgehead atoms. The number of nitrogens with zero attached hydrogens (tertiary/aromatic N) is 3. The fraction of sp³-hybridized carbons (Fsp3) is 0.333. The molecule has 0 radical (unpaired) electrons. The number of hydrogen-bond acceptors (Lipinski definition) is 7. The van der Waals surface area contributed by atoms with Crippen molar-refractivity contribution in [2.24, 2.45) is 0 Å². The van der Waals surface area contributed by atoms with Crippen LogP contribution in [0.3, 0.4) is 0 Å². The van der Waals surface area contributed by atoms with E-state index in [9.17, 15) is 16.8 Å². The molecule has 1 atom stereocenters. The summed E-state index contributed by atoms with van der Waals surface area (Å²) in [6.07, 6.45) is 0.373. The van der Waals surface area contributed by atoms with E-state index in [0.29, 0.717) is 12.1 Å². The SMILES string of the molecule is Cc1noc(C)c1S(=O)(=O)Nc1cc(-c2ccccc2)nn1[C@H]1CCS(=O)(=O)C1. The summed E-state index contributed by atoms with van der Waals surface area (Å²) in [5.74, 6) is 0.343. The zero-order chi connectivity index (χ0) is 20.8. The van der Waals surface area contributed by atoms with Gasteiger partial charge in [-0.2, -0.15) is 5.10 Å². The fourth-order valence-electron chi connectivity index (χ4n) is 3.51. The molecule has 4 rings (SSSR count). The lowest BCUT2D eigenvalue weighted by Gasteiger charge is -2.14. The highest BCUT2D eigenvalue weighted by Crippen LogP contribution is 2.32. The first-order valence-corrected chi connectivity index (χ1v) is 12.3. The molecule has 1 aromatic carbocycles. The van der Waals surface area contributed by atoms with Crippen molar-refractivity contribution in [2.45, 2.75) is 31.2 Å². The number of hydrogen-bond donors (Lipinski definition) is 1. The van der Waals surface area contributed by atoms with E-state index in [2.05, 4.69) is 15.0 Å². The average Bonchev–Trinajstić information content (AvgIpc) is 3.32. The molecular formula is C18H20N4O5S2. The van der Waals surface area contributed by atoms with Crippen molar-refractivity contribution in [3.8, 4) is 11.3 Å². The van der Waals surface area contributed by atoms with Crippen molar-refractivity contribution in [1.29, 1.82) is 0 Å². The average molecular weight is 437 g/mol. The van der Waals surface area contributed by atoms with E-state index in [1.807, 2.05) is 30.3 Å². The van der Waals surface area contributed by atoms with Crippen molar-refractivity contribution < 1.29 is 21.4 Å². The molecule has 1 fully saturated rings. The second kappa shape index (κ2) is 6.99. The lowest BCUT2D eigenvalue weighted by atomic mass is 10.2. The van der Waals surface area contributed by atoms with Gasteiger partial charge < -0.3 is 4.52 Å². The van der Waals surface area contributed by atoms with Crippen LogP contribution in [0.1, 0.15) is 23.9 Å². The summed E-state index contributed by atoms with van der Waals surface area (Å²) in [6, 6.07) is 10.4. The highest BCUT2D eigenvalue weighted by atomic mass is 32.2. The number of anilines is 1. The Labute approximate surface area is 168 Å². The van der Waals surface area contributed by atoms with Gasteiger partial charge in [-0.05, 0) is 20.3 Å². The van der Waals surface area contributed by atoms with Gasteiger partial charge in [0.25, 0.3) is 10.0 Å². The first-order valence-electron chi connectivity index (χ1n) is 8.97. The predicted octanol–water partition coefficient (Wildman–Crippen LogP) is 2.32. The number of aryl methyl sites for hydroxylation is 2. The third kappa shape index (κ3) is 3.79. The van der Waals surface area contributed by atoms with Crippen LogP contribution in [0, 0.1) is 13.8 Å². The highest BCUT2D eigenvalue weighted by Gasteiger charge is 2.33. The summed E-state index contributed by atoms with van der Waals surface area (Å²) in [7, 11) is -7.18. The largest absolute Gasteiger partial charge is 0.360 e. The molecule has 0 amide bonds. The standard InChI is InChI=1S/C18H20N4O5S2/c1-12-18(13(2)27-20-12)29(25,26)21-17-10-16(14-6-4-3-5-7-14)19-22(17)15-8-9-28(23,24)11-15/h3-7,10,15,21H,8-9,11H2,1-2H3/t15-/m0/s1. The van der Waals surface area contributed by atoms with Gasteiger partial charge >= 0.3 is 0 Å². The van der Waals surface area contributed by atoms with Crippen LogP contribution in [0.4, 0.5) is 5.82 Å². The van der Waals surface area contributed by atoms with Crippen LogP contribution < -0.4 is 4.72 Å². The Morgan fingerprint density at radius 1 is 1.21 bits per heavy atom. The molecule has 1 aliphatic heterocycles. The number of aromatic nitrogens is 3. The maximum atomic E-state index is 13.0. The van der Waals surface area contributed by atoms with E-state index >= 15 is 0 Å². The summed E-state index contributed by atoms with van der Waals surface area (Å²) in [5, 5.41) is 8.22. The monoisotopic (exact) mass is 436 g/mol. The maximum Gasteiger partial charge on any atom is 0.268 e. The lowest BCUT2D eigenvalue weighted by Crippen LogP contribution is -2.20. The summed E-state index contributed by atoms with van der Waals surface area (Å²) in [6.45, 7) is 3.06. The van der Waals surface area contributed by atoms with Gasteiger partial charge in [0.1, 0.15) is 11.5 Å². The molecule has 29 heavy (non-hydrogen) atoms. The van der Waals surface area contributed by atoms with Gasteiger partial charge in [-0.1, -0.05) is 35.5 Å². The second-order valence-corrected chi connectivity index (χ2v) is 10.9. The lowest BCUT2D eigenvalue weighted by molar-refractivity contribution is 0.390. The molecule has 9 nitrogen and oxygen atoms in total. The first-order chi connectivity index (χ1) is 13.7. The van der Waals surface area contributed by atoms with Gasteiger partial charge in [0, 0.05) is 11.6 Å². The molecular weight excluding hydrogens is 416 g/mol. The van der Waals surface area contributed by atoms with Crippen LogP contribution in [0.15, 0.2) is 45.8 Å². The van der Waals surface area contributed by atoms with Gasteiger partial charge in [-0.15, -0.1) is 0 Å². The van der Waals surface area contributed by atoms with E-state index in [0.717, 1.165) is 5.56 Å². The van der Waals surface area contributed by atoms with Gasteiger partial charge in [0.15, 0.2) is 20.5 Å². The Bertz CT molecular complexity index is 1240. The first kappa shape index (κ1) is 19.6. The number of nitrogens with one attached hydrogen (secondary N) is 1. The minimum absolute atomic E-state index is 0.0365. The number of sulfonamides is 1. The zero-order valence-corrected chi connectivity index (χ0v) is 17.5. The normalized spacial score (nSPS) is 18.8. The molecule has 0 spiro atoms. The Balaban J connectivity index is 1.78. The van der Waals surface area contributed by atoms with Crippen LogP contribution in [0.25, 0.3) is 11.3 Å². The quantitative estimate of drug-likeness (QED) is 0.651. The van der Waals surface area contributed by atoms with E-state index in [-0.39, 0.29) is 33.7 Å². The number of benzene rings is 1. The van der Waals surface area contributed by atoms with Crippen LogP contribution in [-0.2, 0) is 19.9 Å². The zero-order valence-electron chi connectivity index (χ0n) is 15.9. The van der Waals surface area contributed by atoms with Gasteiger partial charge in [-0.25, -0.2) is 21.5 Å². The fourth-order valence-corrected chi connectivity index (χ4v) is 6.58. The van der Waals surface area contributed by atoms with Crippen molar-refractivity contribution in [3.05, 3.63) is 47.9 Å². The van der Waals surface area contributed by atoms with Gasteiger partial charge in [0.05, 0.1) is 23.2 Å². The summed E-state index contributed by atoms with van der Waals surface area (Å²) < 4.78 is 58.9. The van der Waals surface area contributed by atoms with Gasteiger partial charge in [-0.3, -0.25) is 4.72 Å². The Morgan fingerprint density at radius 3 is 2.52 bits per heavy atom. The van der Waals surface area contributed by atoms with Crippen molar-refractivity contribution in [1.82, 2.24) is 14.9 Å². The third-order valence-electron chi connectivity index (χ3n) is 4.84. The second-order valence-electron chi connectivity index (χ2n) is 7.04. The van der Waals surface area contributed by atoms with Gasteiger partial charge in [0.2, 0.25) is 0 Å². The van der Waals surface area contributed by atoms with Crippen LogP contribution in [0.5, 0.6) is 0 Å². The molecule has 3 aromatic rings. The molecule has 1 saturated heterocycles. The number of rotatable bonds is 5. The number of sulfone groups is 1. The minimum Gasteiger partial charge on any atom is -0.360 e. The summed E-state index contributed by atoms with van der Waals surface area (Å²) in [4.78, 5) is -0.0365. The third-order valence-corrected chi connectivity index (χ3v) is 8.18. The molecule has 1 aliphatic rings.